The van der Waals surface area contributed by atoms with Crippen molar-refractivity contribution in [1.82, 2.24) is 15.2 Å². The molecule has 1 fully saturated rings. The van der Waals surface area contributed by atoms with Gasteiger partial charge in [-0.3, -0.25) is 4.99 Å². The highest BCUT2D eigenvalue weighted by Crippen LogP contribution is 2.16. The first-order valence-electron chi connectivity index (χ1n) is 9.01. The van der Waals surface area contributed by atoms with Crippen LogP contribution in [0.25, 0.3) is 0 Å². The van der Waals surface area contributed by atoms with Crippen molar-refractivity contribution in [2.24, 2.45) is 4.99 Å². The Morgan fingerprint density at radius 3 is 2.54 bits per heavy atom. The Balaban J connectivity index is 0.00000243. The zero-order valence-electron chi connectivity index (χ0n) is 15.5. The van der Waals surface area contributed by atoms with Crippen LogP contribution in [0.15, 0.2) is 41.5 Å². The van der Waals surface area contributed by atoms with E-state index in [4.69, 9.17) is 4.99 Å². The maximum absolute atomic E-state index is 4.82. The molecule has 1 saturated heterocycles. The molecule has 0 saturated carbocycles. The van der Waals surface area contributed by atoms with Crippen LogP contribution in [-0.4, -0.2) is 55.1 Å². The predicted molar refractivity (Wildman–Crippen MR) is 122 cm³/mol. The summed E-state index contributed by atoms with van der Waals surface area (Å²) in [6, 6.07) is 10.6. The molecule has 1 N–H and O–H groups in total. The van der Waals surface area contributed by atoms with Crippen LogP contribution in [0, 0.1) is 6.92 Å². The number of rotatable bonds is 5. The first-order chi connectivity index (χ1) is 12.3. The maximum Gasteiger partial charge on any atom is 0.194 e. The Bertz CT molecular complexity index is 680. The van der Waals surface area contributed by atoms with Gasteiger partial charge in [-0.1, -0.05) is 18.2 Å². The van der Waals surface area contributed by atoms with Gasteiger partial charge >= 0.3 is 0 Å². The van der Waals surface area contributed by atoms with E-state index in [1.807, 2.05) is 6.20 Å². The minimum atomic E-state index is 0. The van der Waals surface area contributed by atoms with Crippen molar-refractivity contribution in [3.63, 3.8) is 0 Å². The van der Waals surface area contributed by atoms with Gasteiger partial charge < -0.3 is 15.1 Å². The highest BCUT2D eigenvalue weighted by molar-refractivity contribution is 14.0. The summed E-state index contributed by atoms with van der Waals surface area (Å²) in [6.45, 7) is 9.96. The number of piperazine rings is 1. The molecule has 2 heterocycles. The number of nitrogens with one attached hydrogen (secondary N) is 1. The van der Waals surface area contributed by atoms with E-state index in [-0.39, 0.29) is 24.0 Å². The average molecular weight is 485 g/mol. The minimum absolute atomic E-state index is 0. The maximum atomic E-state index is 4.82. The van der Waals surface area contributed by atoms with Gasteiger partial charge in [0.2, 0.25) is 0 Å². The van der Waals surface area contributed by atoms with Gasteiger partial charge in [0.1, 0.15) is 0 Å². The molecule has 5 nitrogen and oxygen atoms in total. The van der Waals surface area contributed by atoms with E-state index in [0.29, 0.717) is 0 Å². The fraction of sp³-hybridized carbons (Fsp3) is 0.474. The molecule has 26 heavy (non-hydrogen) atoms. The Morgan fingerprint density at radius 1 is 1.19 bits per heavy atom. The third kappa shape index (κ3) is 5.84. The SMILES string of the molecule is CCNC(=NCCc1ncc(C)s1)N1CCN(c2ccccc2)CC1.I. The Hall–Kier alpha value is -1.35. The van der Waals surface area contributed by atoms with Crippen LogP contribution in [0.4, 0.5) is 5.69 Å². The lowest BCUT2D eigenvalue weighted by molar-refractivity contribution is 0.372. The topological polar surface area (TPSA) is 43.8 Å². The van der Waals surface area contributed by atoms with E-state index in [1.54, 1.807) is 11.3 Å². The number of aromatic nitrogens is 1. The minimum Gasteiger partial charge on any atom is -0.368 e. The highest BCUT2D eigenvalue weighted by Gasteiger charge is 2.19. The Labute approximate surface area is 177 Å². The van der Waals surface area contributed by atoms with Gasteiger partial charge in [0.05, 0.1) is 5.01 Å². The van der Waals surface area contributed by atoms with Crippen LogP contribution in [0.1, 0.15) is 16.8 Å². The van der Waals surface area contributed by atoms with E-state index in [9.17, 15) is 0 Å². The van der Waals surface area contributed by atoms with Crippen LogP contribution < -0.4 is 10.2 Å². The summed E-state index contributed by atoms with van der Waals surface area (Å²) in [7, 11) is 0. The van der Waals surface area contributed by atoms with E-state index in [1.165, 1.54) is 15.6 Å². The number of hydrogen-bond acceptors (Lipinski definition) is 4. The van der Waals surface area contributed by atoms with Crippen LogP contribution in [0.3, 0.4) is 0 Å². The number of thiazole rings is 1. The second kappa shape index (κ2) is 10.7. The van der Waals surface area contributed by atoms with Gasteiger partial charge in [0.25, 0.3) is 0 Å². The number of halogens is 1. The molecular weight excluding hydrogens is 457 g/mol. The lowest BCUT2D eigenvalue weighted by Crippen LogP contribution is -2.52. The van der Waals surface area contributed by atoms with Gasteiger partial charge in [0.15, 0.2) is 5.96 Å². The summed E-state index contributed by atoms with van der Waals surface area (Å²) in [5.41, 5.74) is 1.31. The molecule has 7 heteroatoms. The van der Waals surface area contributed by atoms with Crippen LogP contribution >= 0.6 is 35.3 Å². The molecule has 0 amide bonds. The molecule has 142 valence electrons. The molecule has 1 aliphatic heterocycles. The number of aryl methyl sites for hydroxylation is 1. The molecule has 0 radical (unpaired) electrons. The summed E-state index contributed by atoms with van der Waals surface area (Å²) in [5, 5.41) is 4.61. The second-order valence-corrected chi connectivity index (χ2v) is 7.48. The number of nitrogens with zero attached hydrogens (tertiary/aromatic N) is 4. The number of benzene rings is 1. The molecule has 1 aliphatic rings. The zero-order valence-corrected chi connectivity index (χ0v) is 18.7. The summed E-state index contributed by atoms with van der Waals surface area (Å²) >= 11 is 1.77. The van der Waals surface area contributed by atoms with E-state index in [2.05, 4.69) is 64.3 Å². The second-order valence-electron chi connectivity index (χ2n) is 6.16. The molecule has 0 atom stereocenters. The van der Waals surface area contributed by atoms with Gasteiger partial charge in [-0.15, -0.1) is 35.3 Å². The van der Waals surface area contributed by atoms with Gasteiger partial charge in [0, 0.05) is 62.5 Å². The van der Waals surface area contributed by atoms with E-state index < -0.39 is 0 Å². The van der Waals surface area contributed by atoms with Crippen LogP contribution in [-0.2, 0) is 6.42 Å². The number of para-hydroxylation sites is 1. The highest BCUT2D eigenvalue weighted by atomic mass is 127. The van der Waals surface area contributed by atoms with Crippen molar-refractivity contribution in [2.45, 2.75) is 20.3 Å². The van der Waals surface area contributed by atoms with Crippen LogP contribution in [0.2, 0.25) is 0 Å². The fourth-order valence-electron chi connectivity index (χ4n) is 3.02. The lowest BCUT2D eigenvalue weighted by atomic mass is 10.2. The van der Waals surface area contributed by atoms with Gasteiger partial charge in [-0.2, -0.15) is 0 Å². The van der Waals surface area contributed by atoms with Crippen molar-refractivity contribution in [2.75, 3.05) is 44.2 Å². The zero-order chi connectivity index (χ0) is 17.5. The molecular formula is C19H28IN5S. The Morgan fingerprint density at radius 2 is 1.92 bits per heavy atom. The summed E-state index contributed by atoms with van der Waals surface area (Å²) in [6.07, 6.45) is 2.86. The molecule has 3 rings (SSSR count). The monoisotopic (exact) mass is 485 g/mol. The number of guanidine groups is 1. The van der Waals surface area contributed by atoms with Gasteiger partial charge in [-0.25, -0.2) is 4.98 Å². The lowest BCUT2D eigenvalue weighted by Gasteiger charge is -2.37. The summed E-state index contributed by atoms with van der Waals surface area (Å²) < 4.78 is 0. The summed E-state index contributed by atoms with van der Waals surface area (Å²) in [5.74, 6) is 1.03. The smallest absolute Gasteiger partial charge is 0.194 e. The first kappa shape index (κ1) is 21.0. The fourth-order valence-corrected chi connectivity index (χ4v) is 3.79. The number of hydrogen-bond donors (Lipinski definition) is 1. The molecule has 1 aromatic heterocycles. The third-order valence-electron chi connectivity index (χ3n) is 4.29. The molecule has 1 aromatic carbocycles. The van der Waals surface area contributed by atoms with Crippen molar-refractivity contribution < 1.29 is 0 Å². The predicted octanol–water partition coefficient (Wildman–Crippen LogP) is 3.40. The van der Waals surface area contributed by atoms with Crippen molar-refractivity contribution in [3.05, 3.63) is 46.4 Å². The number of anilines is 1. The normalized spacial score (nSPS) is 14.9. The van der Waals surface area contributed by atoms with Crippen molar-refractivity contribution in [3.8, 4) is 0 Å². The van der Waals surface area contributed by atoms with E-state index >= 15 is 0 Å². The summed E-state index contributed by atoms with van der Waals surface area (Å²) in [4.78, 5) is 15.3. The first-order valence-corrected chi connectivity index (χ1v) is 9.82. The van der Waals surface area contributed by atoms with Crippen molar-refractivity contribution >= 4 is 47.0 Å². The molecule has 2 aromatic rings. The van der Waals surface area contributed by atoms with E-state index in [0.717, 1.165) is 51.6 Å². The largest absolute Gasteiger partial charge is 0.368 e. The third-order valence-corrected chi connectivity index (χ3v) is 5.26. The quantitative estimate of drug-likeness (QED) is 0.401. The average Bonchev–Trinajstić information content (AvgIpc) is 3.07. The molecule has 0 bridgehead atoms. The molecule has 0 aliphatic carbocycles. The molecule has 0 spiro atoms. The molecule has 0 unspecified atom stereocenters. The standard InChI is InChI=1S/C19H27N5S.HI/c1-3-20-19(21-10-9-18-22-15-16(2)25-18)24-13-11-23(12-14-24)17-7-5-4-6-8-17;/h4-8,15H,3,9-14H2,1-2H3,(H,20,21);1H. The van der Waals surface area contributed by atoms with Gasteiger partial charge in [-0.05, 0) is 26.0 Å². The Kier molecular flexibility index (Phi) is 8.64. The number of aliphatic imine (C=N–C) groups is 1. The van der Waals surface area contributed by atoms with Crippen LogP contribution in [0.5, 0.6) is 0 Å². The van der Waals surface area contributed by atoms with Crippen molar-refractivity contribution in [1.29, 1.82) is 0 Å².